The Morgan fingerprint density at radius 3 is 2.21 bits per heavy atom. The highest BCUT2D eigenvalue weighted by atomic mass is 16.5. The van der Waals surface area contributed by atoms with Crippen LogP contribution < -0.4 is 14.8 Å². The van der Waals surface area contributed by atoms with Gasteiger partial charge in [-0.1, -0.05) is 24.3 Å². The molecule has 2 aromatic rings. The molecule has 0 bridgehead atoms. The Balaban J connectivity index is 1.56. The van der Waals surface area contributed by atoms with E-state index in [1.807, 2.05) is 12.1 Å². The number of hydrogen-bond acceptors (Lipinski definition) is 5. The zero-order chi connectivity index (χ0) is 19.9. The van der Waals surface area contributed by atoms with E-state index < -0.39 is 5.97 Å². The van der Waals surface area contributed by atoms with Crippen molar-refractivity contribution in [2.45, 2.75) is 13.0 Å². The molecule has 7 nitrogen and oxygen atoms in total. The minimum Gasteiger partial charge on any atom is -0.493 e. The molecule has 0 aliphatic carbocycles. The van der Waals surface area contributed by atoms with Crippen LogP contribution in [0.15, 0.2) is 48.5 Å². The first-order valence-electron chi connectivity index (χ1n) is 9.09. The maximum absolute atomic E-state index is 12.2. The second-order valence-corrected chi connectivity index (χ2v) is 6.76. The van der Waals surface area contributed by atoms with Gasteiger partial charge in [-0.15, -0.1) is 0 Å². The van der Waals surface area contributed by atoms with Gasteiger partial charge in [0.2, 0.25) is 5.91 Å². The van der Waals surface area contributed by atoms with Gasteiger partial charge < -0.3 is 25.0 Å². The molecular weight excluding hydrogens is 362 g/mol. The Hall–Kier alpha value is -3.06. The molecule has 3 N–H and O–H groups in total. The van der Waals surface area contributed by atoms with Crippen molar-refractivity contribution >= 4 is 11.9 Å². The summed E-state index contributed by atoms with van der Waals surface area (Å²) in [5.41, 5.74) is 1.79. The highest BCUT2D eigenvalue weighted by Gasteiger charge is 2.35. The van der Waals surface area contributed by atoms with Gasteiger partial charge in [-0.3, -0.25) is 4.79 Å². The van der Waals surface area contributed by atoms with Crippen molar-refractivity contribution in [2.75, 3.05) is 19.8 Å². The standard InChI is InChI=1S/C21H23NO6/c23-11-15-3-7-17(8-4-15)27-12-16-10-22-21(26)19(16)9-14-1-5-18(6-2-14)28-13-20(24)25/h1-8,16,19,23H,9-13H2,(H,22,26)(H,24,25)/t16-,19?/m1/s1. The normalized spacial score (nSPS) is 18.5. The number of carboxylic acids is 1. The Bertz CT molecular complexity index is 803. The number of carboxylic acid groups (broad SMARTS) is 1. The number of benzene rings is 2. The summed E-state index contributed by atoms with van der Waals surface area (Å²) in [5.74, 6) is 0.0231. The highest BCUT2D eigenvalue weighted by Crippen LogP contribution is 2.25. The average Bonchev–Trinajstić information content (AvgIpc) is 3.05. The maximum Gasteiger partial charge on any atom is 0.341 e. The van der Waals surface area contributed by atoms with Crippen LogP contribution in [-0.2, 0) is 22.6 Å². The fourth-order valence-electron chi connectivity index (χ4n) is 3.17. The van der Waals surface area contributed by atoms with E-state index in [0.29, 0.717) is 31.1 Å². The number of carbonyl (C=O) groups excluding carboxylic acids is 1. The largest absolute Gasteiger partial charge is 0.493 e. The van der Waals surface area contributed by atoms with Crippen LogP contribution in [0.1, 0.15) is 11.1 Å². The van der Waals surface area contributed by atoms with Crippen LogP contribution in [0, 0.1) is 11.8 Å². The number of aliphatic hydroxyl groups is 1. The minimum absolute atomic E-state index is 0.00966. The molecule has 2 atom stereocenters. The summed E-state index contributed by atoms with van der Waals surface area (Å²) in [5, 5.41) is 20.6. The van der Waals surface area contributed by atoms with Gasteiger partial charge in [-0.25, -0.2) is 4.79 Å². The summed E-state index contributed by atoms with van der Waals surface area (Å²) >= 11 is 0. The molecule has 7 heteroatoms. The molecule has 1 saturated heterocycles. The van der Waals surface area contributed by atoms with Crippen molar-refractivity contribution in [3.05, 3.63) is 59.7 Å². The van der Waals surface area contributed by atoms with Crippen LogP contribution in [0.5, 0.6) is 11.5 Å². The highest BCUT2D eigenvalue weighted by molar-refractivity contribution is 5.81. The maximum atomic E-state index is 12.2. The van der Waals surface area contributed by atoms with Gasteiger partial charge in [0.05, 0.1) is 13.2 Å². The molecular formula is C21H23NO6. The minimum atomic E-state index is -1.03. The quantitative estimate of drug-likeness (QED) is 0.606. The smallest absolute Gasteiger partial charge is 0.341 e. The van der Waals surface area contributed by atoms with Gasteiger partial charge in [0.1, 0.15) is 11.5 Å². The number of nitrogens with one attached hydrogen (secondary N) is 1. The number of ether oxygens (including phenoxy) is 2. The summed E-state index contributed by atoms with van der Waals surface area (Å²) in [6.45, 7) is 0.590. The molecule has 3 rings (SSSR count). The molecule has 2 aromatic carbocycles. The van der Waals surface area contributed by atoms with E-state index in [-0.39, 0.29) is 31.0 Å². The average molecular weight is 385 g/mol. The van der Waals surface area contributed by atoms with Crippen molar-refractivity contribution in [2.24, 2.45) is 11.8 Å². The third kappa shape index (κ3) is 5.23. The van der Waals surface area contributed by atoms with Gasteiger partial charge in [0.25, 0.3) is 0 Å². The van der Waals surface area contributed by atoms with Crippen molar-refractivity contribution in [3.8, 4) is 11.5 Å². The Kier molecular flexibility index (Phi) is 6.49. The van der Waals surface area contributed by atoms with Crippen LogP contribution in [0.4, 0.5) is 0 Å². The Morgan fingerprint density at radius 2 is 1.61 bits per heavy atom. The number of rotatable bonds is 9. The zero-order valence-corrected chi connectivity index (χ0v) is 15.3. The summed E-state index contributed by atoms with van der Waals surface area (Å²) in [6.07, 6.45) is 0.572. The predicted octanol–water partition coefficient (Wildman–Crippen LogP) is 1.63. The van der Waals surface area contributed by atoms with Gasteiger partial charge in [-0.2, -0.15) is 0 Å². The second kappa shape index (κ2) is 9.23. The summed E-state index contributed by atoms with van der Waals surface area (Å²) < 4.78 is 11.0. The molecule has 1 unspecified atom stereocenters. The molecule has 148 valence electrons. The summed E-state index contributed by atoms with van der Waals surface area (Å²) in [4.78, 5) is 22.8. The number of amides is 1. The van der Waals surface area contributed by atoms with E-state index >= 15 is 0 Å². The molecule has 0 radical (unpaired) electrons. The summed E-state index contributed by atoms with van der Waals surface area (Å²) in [7, 11) is 0. The fourth-order valence-corrected chi connectivity index (χ4v) is 3.17. The lowest BCUT2D eigenvalue weighted by Gasteiger charge is -2.18. The molecule has 0 saturated carbocycles. The van der Waals surface area contributed by atoms with Crippen molar-refractivity contribution in [1.82, 2.24) is 5.32 Å². The van der Waals surface area contributed by atoms with Crippen molar-refractivity contribution < 1.29 is 29.3 Å². The third-order valence-electron chi connectivity index (χ3n) is 4.76. The first-order chi connectivity index (χ1) is 13.5. The molecule has 0 aromatic heterocycles. The SMILES string of the molecule is O=C(O)COc1ccc(CC2C(=O)NC[C@@H]2COc2ccc(CO)cc2)cc1. The lowest BCUT2D eigenvalue weighted by Crippen LogP contribution is -2.24. The molecule has 28 heavy (non-hydrogen) atoms. The van der Waals surface area contributed by atoms with Gasteiger partial charge in [0, 0.05) is 18.4 Å². The van der Waals surface area contributed by atoms with E-state index in [1.165, 1.54) is 0 Å². The van der Waals surface area contributed by atoms with Crippen LogP contribution in [0.3, 0.4) is 0 Å². The topological polar surface area (TPSA) is 105 Å². The third-order valence-corrected chi connectivity index (χ3v) is 4.76. The first kappa shape index (κ1) is 19.7. The van der Waals surface area contributed by atoms with Crippen LogP contribution in [-0.4, -0.2) is 41.8 Å². The van der Waals surface area contributed by atoms with E-state index in [0.717, 1.165) is 11.1 Å². The number of carbonyl (C=O) groups is 2. The molecule has 1 amide bonds. The van der Waals surface area contributed by atoms with E-state index in [4.69, 9.17) is 19.7 Å². The Labute approximate surface area is 162 Å². The molecule has 1 heterocycles. The van der Waals surface area contributed by atoms with E-state index in [1.54, 1.807) is 36.4 Å². The van der Waals surface area contributed by atoms with Crippen molar-refractivity contribution in [3.63, 3.8) is 0 Å². The second-order valence-electron chi connectivity index (χ2n) is 6.76. The molecule has 1 aliphatic heterocycles. The summed E-state index contributed by atoms with van der Waals surface area (Å²) in [6, 6.07) is 14.3. The predicted molar refractivity (Wildman–Crippen MR) is 101 cm³/mol. The lowest BCUT2D eigenvalue weighted by atomic mass is 9.89. The van der Waals surface area contributed by atoms with Crippen LogP contribution >= 0.6 is 0 Å². The number of aliphatic carboxylic acids is 1. The molecule has 1 aliphatic rings. The van der Waals surface area contributed by atoms with Crippen LogP contribution in [0.2, 0.25) is 0 Å². The number of hydrogen-bond donors (Lipinski definition) is 3. The van der Waals surface area contributed by atoms with Gasteiger partial charge >= 0.3 is 5.97 Å². The van der Waals surface area contributed by atoms with Crippen LogP contribution in [0.25, 0.3) is 0 Å². The molecule has 1 fully saturated rings. The van der Waals surface area contributed by atoms with Crippen molar-refractivity contribution in [1.29, 1.82) is 0 Å². The van der Waals surface area contributed by atoms with Gasteiger partial charge in [-0.05, 0) is 41.8 Å². The van der Waals surface area contributed by atoms with Gasteiger partial charge in [0.15, 0.2) is 6.61 Å². The zero-order valence-electron chi connectivity index (χ0n) is 15.3. The first-order valence-corrected chi connectivity index (χ1v) is 9.09. The fraction of sp³-hybridized carbons (Fsp3) is 0.333. The monoisotopic (exact) mass is 385 g/mol. The van der Waals surface area contributed by atoms with E-state index in [9.17, 15) is 9.59 Å². The molecule has 0 spiro atoms. The number of aliphatic hydroxyl groups excluding tert-OH is 1. The Morgan fingerprint density at radius 1 is 1.00 bits per heavy atom. The lowest BCUT2D eigenvalue weighted by molar-refractivity contribution is -0.139. The van der Waals surface area contributed by atoms with E-state index in [2.05, 4.69) is 5.32 Å².